The Morgan fingerprint density at radius 3 is 1.84 bits per heavy atom. The van der Waals surface area contributed by atoms with Gasteiger partial charge in [-0.05, 0) is 61.6 Å². The quantitative estimate of drug-likeness (QED) is 0.575. The molecule has 1 N–H and O–H groups in total. The first-order valence-corrected chi connectivity index (χ1v) is 10.6. The summed E-state index contributed by atoms with van der Waals surface area (Å²) < 4.78 is 5.83. The second kappa shape index (κ2) is 7.20. The molecule has 0 aromatic rings. The van der Waals surface area contributed by atoms with Crippen LogP contribution in [-0.2, 0) is 4.43 Å². The van der Waals surface area contributed by atoms with Crippen LogP contribution < -0.4 is 5.32 Å². The molecule has 0 spiro atoms. The summed E-state index contributed by atoms with van der Waals surface area (Å²) in [4.78, 5) is 2.56. The van der Waals surface area contributed by atoms with Crippen molar-refractivity contribution in [2.75, 3.05) is 25.9 Å². The molecule has 0 aliphatic heterocycles. The number of hydrogen-bond acceptors (Lipinski definition) is 3. The third kappa shape index (κ3) is 8.08. The van der Waals surface area contributed by atoms with Gasteiger partial charge in [0, 0.05) is 36.9 Å². The van der Waals surface area contributed by atoms with Crippen LogP contribution in [0.2, 0.25) is 13.1 Å². The molecule has 116 valence electrons. The van der Waals surface area contributed by atoms with E-state index in [4.69, 9.17) is 4.43 Å². The van der Waals surface area contributed by atoms with Crippen molar-refractivity contribution in [2.24, 2.45) is 0 Å². The first-order chi connectivity index (χ1) is 8.40. The molecule has 0 aliphatic rings. The topological polar surface area (TPSA) is 24.5 Å². The van der Waals surface area contributed by atoms with Gasteiger partial charge in [0.15, 0.2) is 8.32 Å². The predicted molar refractivity (Wildman–Crippen MR) is 88.2 cm³/mol. The van der Waals surface area contributed by atoms with E-state index in [1.165, 1.54) is 0 Å². The fourth-order valence-corrected chi connectivity index (χ4v) is 4.36. The van der Waals surface area contributed by atoms with Gasteiger partial charge in [0.05, 0.1) is 0 Å². The van der Waals surface area contributed by atoms with Gasteiger partial charge in [0.1, 0.15) is 0 Å². The van der Waals surface area contributed by atoms with Crippen molar-refractivity contribution in [1.29, 1.82) is 0 Å². The zero-order valence-corrected chi connectivity index (χ0v) is 15.7. The minimum absolute atomic E-state index is 0.201. The van der Waals surface area contributed by atoms with Gasteiger partial charge in [-0.2, -0.15) is 0 Å². The second-order valence-corrected chi connectivity index (χ2v) is 12.0. The fraction of sp³-hybridized carbons (Fsp3) is 1.00. The lowest BCUT2D eigenvalue weighted by atomic mass is 9.96. The van der Waals surface area contributed by atoms with Crippen LogP contribution in [0.4, 0.5) is 0 Å². The average Bonchev–Trinajstić information content (AvgIpc) is 2.12. The molecule has 0 fully saturated rings. The van der Waals surface area contributed by atoms with Crippen molar-refractivity contribution in [3.05, 3.63) is 0 Å². The third-order valence-corrected chi connectivity index (χ3v) is 5.39. The smallest absolute Gasteiger partial charge is 0.200 e. The Morgan fingerprint density at radius 2 is 1.47 bits per heavy atom. The lowest BCUT2D eigenvalue weighted by molar-refractivity contribution is 0.0400. The third-order valence-electron chi connectivity index (χ3n) is 3.22. The molecule has 3 nitrogen and oxygen atoms in total. The van der Waals surface area contributed by atoms with E-state index in [9.17, 15) is 0 Å². The number of rotatable bonds is 7. The Bertz CT molecular complexity index is 240. The summed E-state index contributed by atoms with van der Waals surface area (Å²) in [6.07, 6.45) is 1.03. The Hall–Kier alpha value is 0.0969. The maximum absolute atomic E-state index is 5.83. The lowest BCUT2D eigenvalue weighted by Gasteiger charge is -2.45. The summed E-state index contributed by atoms with van der Waals surface area (Å²) in [5, 5.41) is 3.58. The Balaban J connectivity index is 4.23. The van der Waals surface area contributed by atoms with Gasteiger partial charge in [0.25, 0.3) is 0 Å². The first kappa shape index (κ1) is 19.1. The van der Waals surface area contributed by atoms with E-state index >= 15 is 0 Å². The number of nitrogens with zero attached hydrogens (tertiary/aromatic N) is 1. The van der Waals surface area contributed by atoms with E-state index in [0.29, 0.717) is 0 Å². The molecule has 0 heterocycles. The molecule has 0 bridgehead atoms. The summed E-state index contributed by atoms with van der Waals surface area (Å²) in [5.41, 5.74) is 0.402. The summed E-state index contributed by atoms with van der Waals surface area (Å²) in [6.45, 7) is 23.3. The van der Waals surface area contributed by atoms with Crippen LogP contribution in [0.5, 0.6) is 0 Å². The van der Waals surface area contributed by atoms with Gasteiger partial charge in [-0.3, -0.25) is 4.90 Å². The lowest BCUT2D eigenvalue weighted by Crippen LogP contribution is -2.55. The van der Waals surface area contributed by atoms with Crippen LogP contribution in [-0.4, -0.2) is 50.2 Å². The highest BCUT2D eigenvalue weighted by atomic mass is 28.4. The molecule has 0 unspecified atom stereocenters. The molecule has 0 saturated carbocycles. The molecule has 0 aromatic carbocycles. The van der Waals surface area contributed by atoms with E-state index in [1.54, 1.807) is 0 Å². The molecule has 0 amide bonds. The van der Waals surface area contributed by atoms with E-state index in [2.05, 4.69) is 71.8 Å². The summed E-state index contributed by atoms with van der Waals surface area (Å²) in [6, 6.07) is 0. The van der Waals surface area contributed by atoms with Gasteiger partial charge >= 0.3 is 0 Å². The van der Waals surface area contributed by atoms with E-state index < -0.39 is 8.32 Å². The van der Waals surface area contributed by atoms with Gasteiger partial charge < -0.3 is 9.74 Å². The fourth-order valence-electron chi connectivity index (χ4n) is 2.70. The number of nitrogens with one attached hydrogen (secondary N) is 1. The largest absolute Gasteiger partial charge is 0.416 e. The van der Waals surface area contributed by atoms with Crippen molar-refractivity contribution in [3.8, 4) is 0 Å². The van der Waals surface area contributed by atoms with Crippen molar-refractivity contribution in [1.82, 2.24) is 10.2 Å². The van der Waals surface area contributed by atoms with Gasteiger partial charge in [0.2, 0.25) is 0 Å². The summed E-state index contributed by atoms with van der Waals surface area (Å²) >= 11 is 0. The molecule has 4 heteroatoms. The molecule has 0 atom stereocenters. The molecule has 19 heavy (non-hydrogen) atoms. The molecule has 0 rings (SSSR count). The van der Waals surface area contributed by atoms with Crippen LogP contribution in [0.25, 0.3) is 0 Å². The van der Waals surface area contributed by atoms with Crippen LogP contribution in [0.3, 0.4) is 0 Å². The Labute approximate surface area is 122 Å². The highest BCUT2D eigenvalue weighted by Crippen LogP contribution is 2.23. The van der Waals surface area contributed by atoms with E-state index in [1.807, 2.05) is 0 Å². The van der Waals surface area contributed by atoms with Crippen molar-refractivity contribution >= 4 is 8.32 Å². The van der Waals surface area contributed by atoms with Crippen molar-refractivity contribution in [3.63, 3.8) is 0 Å². The molecule has 0 aromatic heterocycles. The normalized spacial score (nSPS) is 14.2. The second-order valence-electron chi connectivity index (χ2n) is 7.86. The zero-order valence-electron chi connectivity index (χ0n) is 14.7. The standard InChI is InChI=1S/C15H36N2OSi/c1-10-18-19(8,9)13-16-11-12-17(14(2,3)4)15(5,6)7/h16H,10-13H2,1-9H3. The van der Waals surface area contributed by atoms with E-state index in [0.717, 1.165) is 25.9 Å². The monoisotopic (exact) mass is 288 g/mol. The first-order valence-electron chi connectivity index (χ1n) is 7.52. The molecule has 0 saturated heterocycles. The molecule has 0 aliphatic carbocycles. The minimum atomic E-state index is -1.50. The minimum Gasteiger partial charge on any atom is -0.416 e. The van der Waals surface area contributed by atoms with Crippen LogP contribution in [0, 0.1) is 0 Å². The van der Waals surface area contributed by atoms with Gasteiger partial charge in [-0.1, -0.05) is 0 Å². The van der Waals surface area contributed by atoms with Crippen molar-refractivity contribution in [2.45, 2.75) is 72.6 Å². The number of hydrogen-bond donors (Lipinski definition) is 1. The van der Waals surface area contributed by atoms with Crippen LogP contribution in [0.15, 0.2) is 0 Å². The Kier molecular flexibility index (Phi) is 7.24. The SMILES string of the molecule is CCO[Si](C)(C)CNCCN(C(C)(C)C)C(C)(C)C. The maximum Gasteiger partial charge on any atom is 0.200 e. The highest BCUT2D eigenvalue weighted by molar-refractivity contribution is 6.71. The average molecular weight is 289 g/mol. The van der Waals surface area contributed by atoms with Crippen LogP contribution >= 0.6 is 0 Å². The molecule has 0 radical (unpaired) electrons. The summed E-state index contributed by atoms with van der Waals surface area (Å²) in [7, 11) is -1.50. The predicted octanol–water partition coefficient (Wildman–Crippen LogP) is 3.26. The summed E-state index contributed by atoms with van der Waals surface area (Å²) in [5.74, 6) is 0. The van der Waals surface area contributed by atoms with Crippen molar-refractivity contribution < 1.29 is 4.43 Å². The Morgan fingerprint density at radius 1 is 1.00 bits per heavy atom. The maximum atomic E-state index is 5.83. The van der Waals surface area contributed by atoms with E-state index in [-0.39, 0.29) is 11.1 Å². The molecular formula is C15H36N2OSi. The zero-order chi connectivity index (χ0) is 15.3. The van der Waals surface area contributed by atoms with Crippen LogP contribution in [0.1, 0.15) is 48.5 Å². The molecular weight excluding hydrogens is 252 g/mol. The van der Waals surface area contributed by atoms with Gasteiger partial charge in [-0.25, -0.2) is 0 Å². The highest BCUT2D eigenvalue weighted by Gasteiger charge is 2.31. The van der Waals surface area contributed by atoms with Gasteiger partial charge in [-0.15, -0.1) is 0 Å².